The number of urea groups is 1. The van der Waals surface area contributed by atoms with Crippen LogP contribution in [0, 0.1) is 29.6 Å². The highest BCUT2D eigenvalue weighted by molar-refractivity contribution is 5.99. The van der Waals surface area contributed by atoms with E-state index in [9.17, 15) is 88.2 Å². The van der Waals surface area contributed by atoms with E-state index in [1.165, 1.54) is 45.2 Å². The molecule has 4 heterocycles. The van der Waals surface area contributed by atoms with Gasteiger partial charge in [0.05, 0.1) is 75.0 Å². The van der Waals surface area contributed by atoms with Crippen molar-refractivity contribution in [1.82, 2.24) is 57.2 Å². The number of primary amides is 1. The molecule has 117 heavy (non-hydrogen) atoms. The number of nitrogens with two attached hydrogens (primary N) is 1. The summed E-state index contributed by atoms with van der Waals surface area (Å²) in [6, 6.07) is 6.72. The second-order valence-electron chi connectivity index (χ2n) is 31.0. The second-order valence-corrected chi connectivity index (χ2v) is 31.0. The molecule has 0 saturated carbocycles. The molecule has 654 valence electrons. The SMILES string of the molecule is CC[C@H](C)[C@@H]([C@@H](CC(=O)N1CCC[C@@H]1[C@H](OC)[C@@H](C)C(=O)N[C@H](C)[C@@H](O)c1ccccc1)OC)N(C)C(=O)[C@@H](NC(=O)[C@H](C(C)C)N(C)C(=O)OCc1ccc(NC(=O)[C@H](CCCNC(N)=O)NC(=O)[C@@H](NC(=O)CNC(=O)CNC(=O)CNC(=O)C2O[C@@H](O[C@@H]3C(CO)OC4OC(C)=NC4C3O)C(O)[C@@H](O)[C@@H]2O)C(C)C)cc1)C(C)C. The van der Waals surface area contributed by atoms with Crippen LogP contribution in [0.25, 0.3) is 0 Å². The smallest absolute Gasteiger partial charge is 0.410 e. The molecule has 0 aromatic heterocycles. The highest BCUT2D eigenvalue weighted by Gasteiger charge is 2.54. The van der Waals surface area contributed by atoms with Gasteiger partial charge in [-0.25, -0.2) is 14.6 Å². The lowest BCUT2D eigenvalue weighted by Crippen LogP contribution is -2.65. The lowest BCUT2D eigenvalue weighted by atomic mass is 9.89. The van der Waals surface area contributed by atoms with Gasteiger partial charge in [0, 0.05) is 54.0 Å². The molecule has 17 N–H and O–H groups in total. The number of likely N-dealkylation sites (tertiary alicyclic amines) is 1. The Balaban J connectivity index is 0.983. The Hall–Kier alpha value is -9.29. The third-order valence-electron chi connectivity index (χ3n) is 21.4. The van der Waals surface area contributed by atoms with Gasteiger partial charge in [0.15, 0.2) is 18.3 Å². The topological polar surface area (TPSA) is 547 Å². The van der Waals surface area contributed by atoms with E-state index >= 15 is 0 Å². The number of rotatable bonds is 42. The first-order valence-electron chi connectivity index (χ1n) is 39.5. The molecule has 13 amide bonds. The molecule has 2 aromatic rings. The van der Waals surface area contributed by atoms with E-state index in [-0.39, 0.29) is 61.7 Å². The van der Waals surface area contributed by atoms with Gasteiger partial charge < -0.3 is 127 Å². The summed E-state index contributed by atoms with van der Waals surface area (Å²) in [5.74, 6) is -9.38. The van der Waals surface area contributed by atoms with Crippen LogP contribution in [0.1, 0.15) is 132 Å². The van der Waals surface area contributed by atoms with Crippen LogP contribution in [0.4, 0.5) is 15.3 Å². The van der Waals surface area contributed by atoms with E-state index in [1.54, 1.807) is 104 Å². The van der Waals surface area contributed by atoms with Crippen molar-refractivity contribution < 1.29 is 121 Å². The van der Waals surface area contributed by atoms with Crippen LogP contribution in [0.15, 0.2) is 59.6 Å². The number of nitrogens with zero attached hydrogens (tertiary/aromatic N) is 4. The van der Waals surface area contributed by atoms with E-state index in [0.717, 1.165) is 4.90 Å². The summed E-state index contributed by atoms with van der Waals surface area (Å²) in [5, 5.41) is 86.7. The van der Waals surface area contributed by atoms with E-state index in [2.05, 4.69) is 52.8 Å². The number of fused-ring (bicyclic) bond motifs is 1. The van der Waals surface area contributed by atoms with Crippen molar-refractivity contribution in [3.8, 4) is 0 Å². The first kappa shape index (κ1) is 96.5. The number of likely N-dealkylation sites (N-methyl/N-ethyl adjacent to an activating group) is 2. The van der Waals surface area contributed by atoms with Gasteiger partial charge in [-0.15, -0.1) is 0 Å². The quantitative estimate of drug-likeness (QED) is 0.0321. The molecule has 4 aliphatic heterocycles. The van der Waals surface area contributed by atoms with Crippen molar-refractivity contribution in [2.75, 3.05) is 73.0 Å². The third kappa shape index (κ3) is 26.6. The number of carbonyl (C=O) groups excluding carboxylic acids is 12. The summed E-state index contributed by atoms with van der Waals surface area (Å²) in [6.45, 7) is 16.3. The number of methoxy groups -OCH3 is 2. The molecule has 0 spiro atoms. The largest absolute Gasteiger partial charge is 0.450 e. The lowest BCUT2D eigenvalue weighted by Gasteiger charge is -2.44. The number of aliphatic imine (C=N–C) groups is 1. The maximum absolute atomic E-state index is 14.9. The number of hydrogen-bond donors (Lipinski definition) is 16. The fourth-order valence-electron chi connectivity index (χ4n) is 14.6. The van der Waals surface area contributed by atoms with Crippen molar-refractivity contribution in [1.29, 1.82) is 0 Å². The average Bonchev–Trinajstić information content (AvgIpc) is 1.72. The molecule has 39 heteroatoms. The van der Waals surface area contributed by atoms with Crippen molar-refractivity contribution in [2.45, 2.75) is 243 Å². The minimum atomic E-state index is -2.06. The molecular formula is C78H122N14O25. The first-order valence-corrected chi connectivity index (χ1v) is 39.5. The Morgan fingerprint density at radius 3 is 1.91 bits per heavy atom. The molecule has 39 nitrogen and oxygen atoms in total. The summed E-state index contributed by atoms with van der Waals surface area (Å²) in [7, 11) is 5.98. The molecule has 3 fully saturated rings. The summed E-state index contributed by atoms with van der Waals surface area (Å²) in [5.41, 5.74) is 6.61. The van der Waals surface area contributed by atoms with Gasteiger partial charge in [0.25, 0.3) is 5.91 Å². The number of hydrogen-bond acceptors (Lipinski definition) is 26. The fraction of sp³-hybridized carbons (Fsp3) is 0.679. The Bertz CT molecular complexity index is 3700. The molecule has 0 bridgehead atoms. The van der Waals surface area contributed by atoms with Gasteiger partial charge in [-0.2, -0.15) is 0 Å². The van der Waals surface area contributed by atoms with Crippen LogP contribution in [-0.4, -0.2) is 306 Å². The molecular weight excluding hydrogens is 1530 g/mol. The molecule has 6 unspecified atom stereocenters. The number of ether oxygens (including phenoxy) is 7. The highest BCUT2D eigenvalue weighted by Crippen LogP contribution is 2.35. The summed E-state index contributed by atoms with van der Waals surface area (Å²) >= 11 is 0. The number of aliphatic hydroxyl groups excluding tert-OH is 6. The fourth-order valence-corrected chi connectivity index (χ4v) is 14.6. The Labute approximate surface area is 681 Å². The van der Waals surface area contributed by atoms with Crippen molar-refractivity contribution in [2.24, 2.45) is 40.3 Å². The minimum absolute atomic E-state index is 0.0173. The summed E-state index contributed by atoms with van der Waals surface area (Å²) < 4.78 is 40.0. The second kappa shape index (κ2) is 45.6. The van der Waals surface area contributed by atoms with E-state index < -0.39 is 231 Å². The van der Waals surface area contributed by atoms with Crippen LogP contribution >= 0.6 is 0 Å². The predicted molar refractivity (Wildman–Crippen MR) is 419 cm³/mol. The van der Waals surface area contributed by atoms with Crippen molar-refractivity contribution in [3.63, 3.8) is 0 Å². The van der Waals surface area contributed by atoms with Crippen LogP contribution in [-0.2, 0) is 87.7 Å². The number of benzene rings is 2. The maximum atomic E-state index is 14.9. The number of nitrogens with one attached hydrogen (secondary N) is 9. The van der Waals surface area contributed by atoms with Gasteiger partial charge in [-0.1, -0.05) is 111 Å². The number of aliphatic hydroxyl groups is 6. The molecule has 0 aliphatic carbocycles. The molecule has 6 rings (SSSR count). The highest BCUT2D eigenvalue weighted by atomic mass is 16.7. The Morgan fingerprint density at radius 1 is 0.692 bits per heavy atom. The summed E-state index contributed by atoms with van der Waals surface area (Å²) in [4.78, 5) is 171. The Kier molecular flexibility index (Phi) is 37.6. The normalized spacial score (nSPS) is 23.8. The van der Waals surface area contributed by atoms with Gasteiger partial charge in [-0.3, -0.25) is 52.8 Å². The van der Waals surface area contributed by atoms with Crippen LogP contribution in [0.3, 0.4) is 0 Å². The third-order valence-corrected chi connectivity index (χ3v) is 21.4. The molecule has 22 atom stereocenters. The maximum Gasteiger partial charge on any atom is 0.410 e. The zero-order chi connectivity index (χ0) is 87.0. The lowest BCUT2D eigenvalue weighted by molar-refractivity contribution is -0.334. The standard InChI is InChI=1S/C78H122N14O25/c1-16-41(8)60(50(111-14)32-55(97)92-31-21-25-49(92)66(112-15)42(9)69(103)84-43(10)61(98)46-22-18-17-19-23-46)90(12)74(108)57(39(4)5)89-72(106)59(40(6)7)91(13)78(110)113-37-45-26-28-47(29-27-45)86-70(104)48(24-20-30-80-77(79)109)87-71(105)56(38(2)3)88-54(96)35-82-52(94)33-81-53(95)34-83-73(107)68-64(101)63(100)65(102)76(117-68)116-67-51(36-93)115-75-58(62(67)99)85-44(11)114-75/h17-19,22-23,26-29,38-43,48-51,56-68,75-76,93,98-102H,16,20-21,24-25,30-37H2,1-15H3,(H,81,95)(H,82,94)(H,83,107)(H,84,103)(H,86,104)(H,87,105)(H,88,96)(H,89,106)(H3,79,80,109)/t41-,42+,43+,48-,49+,50+,51?,56-,57-,58?,59-,60-,61+,62?,63-,64-,65?,66+,67+,68?,75?,76+/m0/s1. The van der Waals surface area contributed by atoms with Crippen LogP contribution < -0.4 is 53.6 Å². The number of carbonyl (C=O) groups is 12. The van der Waals surface area contributed by atoms with Gasteiger partial charge in [0.2, 0.25) is 59.5 Å². The zero-order valence-corrected chi connectivity index (χ0v) is 69.1. The molecule has 0 radical (unpaired) electrons. The molecule has 4 aliphatic rings. The van der Waals surface area contributed by atoms with E-state index in [0.29, 0.717) is 36.9 Å². The van der Waals surface area contributed by atoms with Crippen molar-refractivity contribution in [3.05, 3.63) is 65.7 Å². The molecule has 3 saturated heterocycles. The van der Waals surface area contributed by atoms with Gasteiger partial charge >= 0.3 is 12.1 Å². The van der Waals surface area contributed by atoms with Crippen molar-refractivity contribution >= 4 is 82.8 Å². The first-order chi connectivity index (χ1) is 55.3. The van der Waals surface area contributed by atoms with Crippen LogP contribution in [0.2, 0.25) is 0 Å². The Morgan fingerprint density at radius 2 is 1.32 bits per heavy atom. The zero-order valence-electron chi connectivity index (χ0n) is 69.1. The summed E-state index contributed by atoms with van der Waals surface area (Å²) in [6.07, 6.45) is -16.8. The molecule has 2 aromatic carbocycles. The van der Waals surface area contributed by atoms with Gasteiger partial charge in [0.1, 0.15) is 73.4 Å². The predicted octanol–water partition coefficient (Wildman–Crippen LogP) is -1.97. The van der Waals surface area contributed by atoms with Crippen LogP contribution in [0.5, 0.6) is 0 Å². The van der Waals surface area contributed by atoms with E-state index in [1.807, 2.05) is 19.9 Å². The number of anilines is 1. The van der Waals surface area contributed by atoms with Gasteiger partial charge in [-0.05, 0) is 79.5 Å². The minimum Gasteiger partial charge on any atom is -0.450 e. The monoisotopic (exact) mass is 1650 g/mol. The van der Waals surface area contributed by atoms with E-state index in [4.69, 9.17) is 38.9 Å². The number of amides is 13. The average molecular weight is 1660 g/mol.